The zero-order valence-corrected chi connectivity index (χ0v) is 12.5. The van der Waals surface area contributed by atoms with Gasteiger partial charge in [-0.05, 0) is 62.3 Å². The minimum absolute atomic E-state index is 0.367. The van der Waals surface area contributed by atoms with Crippen LogP contribution in [0.2, 0.25) is 0 Å². The highest BCUT2D eigenvalue weighted by molar-refractivity contribution is 5.78. The number of nitrogens with one attached hydrogen (secondary N) is 1. The number of carboxylic acids is 1. The fraction of sp³-hybridized carbons (Fsp3) is 0.588. The lowest BCUT2D eigenvalue weighted by Gasteiger charge is -2.26. The number of hydrogen-bond acceptors (Lipinski definition) is 3. The number of carbonyl (C=O) groups is 1. The first kappa shape index (κ1) is 14.4. The Labute approximate surface area is 125 Å². The molecule has 1 fully saturated rings. The summed E-state index contributed by atoms with van der Waals surface area (Å²) in [5.74, 6) is 0.0572. The predicted octanol–water partition coefficient (Wildman–Crippen LogP) is 2.54. The zero-order chi connectivity index (χ0) is 14.9. The molecule has 2 N–H and O–H groups in total. The minimum Gasteiger partial charge on any atom is -0.493 e. The first-order valence-electron chi connectivity index (χ1n) is 7.82. The third-order valence-electron chi connectivity index (χ3n) is 4.51. The number of fused-ring (bicyclic) bond motifs is 1. The minimum atomic E-state index is -0.891. The Morgan fingerprint density at radius 2 is 2.14 bits per heavy atom. The Hall–Kier alpha value is -1.55. The molecule has 1 aromatic carbocycles. The molecule has 3 rings (SSSR count). The molecule has 0 radical (unpaired) electrons. The van der Waals surface area contributed by atoms with Gasteiger partial charge in [-0.2, -0.15) is 0 Å². The van der Waals surface area contributed by atoms with E-state index in [2.05, 4.69) is 17.4 Å². The topological polar surface area (TPSA) is 58.6 Å². The van der Waals surface area contributed by atoms with Gasteiger partial charge in [0.15, 0.2) is 0 Å². The van der Waals surface area contributed by atoms with Gasteiger partial charge in [0.2, 0.25) is 0 Å². The molecule has 1 aromatic rings. The average molecular weight is 289 g/mol. The highest BCUT2D eigenvalue weighted by Gasteiger charge is 2.38. The SMILES string of the molecule is CC(CCOc1ccc2c(c1)CCC2)(NC1CC1)C(=O)O. The predicted molar refractivity (Wildman–Crippen MR) is 80.8 cm³/mol. The quantitative estimate of drug-likeness (QED) is 0.810. The van der Waals surface area contributed by atoms with Crippen LogP contribution in [0.1, 0.15) is 43.7 Å². The molecule has 4 heteroatoms. The van der Waals surface area contributed by atoms with E-state index >= 15 is 0 Å². The summed E-state index contributed by atoms with van der Waals surface area (Å²) in [6, 6.07) is 6.60. The summed E-state index contributed by atoms with van der Waals surface area (Å²) >= 11 is 0. The Kier molecular flexibility index (Phi) is 3.89. The van der Waals surface area contributed by atoms with Crippen LogP contribution in [0.4, 0.5) is 0 Å². The molecule has 0 heterocycles. The van der Waals surface area contributed by atoms with Crippen molar-refractivity contribution in [3.63, 3.8) is 0 Å². The van der Waals surface area contributed by atoms with Crippen molar-refractivity contribution in [1.82, 2.24) is 5.32 Å². The van der Waals surface area contributed by atoms with Crippen molar-refractivity contribution in [2.45, 2.75) is 57.0 Å². The van der Waals surface area contributed by atoms with Crippen molar-refractivity contribution < 1.29 is 14.6 Å². The van der Waals surface area contributed by atoms with E-state index in [0.29, 0.717) is 19.1 Å². The lowest BCUT2D eigenvalue weighted by atomic mass is 9.98. The van der Waals surface area contributed by atoms with Crippen LogP contribution in [-0.2, 0) is 17.6 Å². The van der Waals surface area contributed by atoms with Crippen molar-refractivity contribution in [2.24, 2.45) is 0 Å². The molecule has 1 saturated carbocycles. The normalized spacial score (nSPS) is 19.9. The van der Waals surface area contributed by atoms with Gasteiger partial charge in [0, 0.05) is 12.5 Å². The van der Waals surface area contributed by atoms with Crippen molar-refractivity contribution in [1.29, 1.82) is 0 Å². The number of aryl methyl sites for hydroxylation is 2. The fourth-order valence-electron chi connectivity index (χ4n) is 2.93. The molecular weight excluding hydrogens is 266 g/mol. The van der Waals surface area contributed by atoms with Crippen LogP contribution in [0.25, 0.3) is 0 Å². The van der Waals surface area contributed by atoms with Crippen LogP contribution in [0.5, 0.6) is 5.75 Å². The van der Waals surface area contributed by atoms with E-state index in [-0.39, 0.29) is 0 Å². The zero-order valence-electron chi connectivity index (χ0n) is 12.5. The first-order chi connectivity index (χ1) is 10.1. The highest BCUT2D eigenvalue weighted by Crippen LogP contribution is 2.27. The van der Waals surface area contributed by atoms with Crippen LogP contribution in [0, 0.1) is 0 Å². The number of carboxylic acid groups (broad SMARTS) is 1. The van der Waals surface area contributed by atoms with E-state index in [1.54, 1.807) is 6.92 Å². The maximum Gasteiger partial charge on any atom is 0.323 e. The third-order valence-corrected chi connectivity index (χ3v) is 4.51. The van der Waals surface area contributed by atoms with Crippen LogP contribution >= 0.6 is 0 Å². The third kappa shape index (κ3) is 3.38. The van der Waals surface area contributed by atoms with Gasteiger partial charge in [-0.25, -0.2) is 0 Å². The Morgan fingerprint density at radius 3 is 2.86 bits per heavy atom. The molecule has 4 nitrogen and oxygen atoms in total. The van der Waals surface area contributed by atoms with Crippen molar-refractivity contribution >= 4 is 5.97 Å². The molecule has 0 amide bonds. The standard InChI is InChI=1S/C17H23NO3/c1-17(16(19)20,18-14-6-7-14)9-10-21-15-8-5-12-3-2-4-13(12)11-15/h5,8,11,14,18H,2-4,6-7,9-10H2,1H3,(H,19,20). The molecule has 1 atom stereocenters. The number of rotatable bonds is 7. The second-order valence-corrected chi connectivity index (χ2v) is 6.44. The van der Waals surface area contributed by atoms with Crippen molar-refractivity contribution in [2.75, 3.05) is 6.61 Å². The number of benzene rings is 1. The van der Waals surface area contributed by atoms with Gasteiger partial charge in [-0.1, -0.05) is 6.07 Å². The second kappa shape index (κ2) is 5.68. The molecule has 114 valence electrons. The van der Waals surface area contributed by atoms with Gasteiger partial charge in [0.1, 0.15) is 11.3 Å². The summed E-state index contributed by atoms with van der Waals surface area (Å²) in [7, 11) is 0. The summed E-state index contributed by atoms with van der Waals surface area (Å²) < 4.78 is 5.78. The summed E-state index contributed by atoms with van der Waals surface area (Å²) in [4.78, 5) is 11.5. The average Bonchev–Trinajstić information content (AvgIpc) is 3.13. The molecule has 0 saturated heterocycles. The molecule has 0 aromatic heterocycles. The summed E-state index contributed by atoms with van der Waals surface area (Å²) in [5, 5.41) is 12.6. The highest BCUT2D eigenvalue weighted by atomic mass is 16.5. The number of hydrogen-bond donors (Lipinski definition) is 2. The molecule has 2 aliphatic carbocycles. The first-order valence-corrected chi connectivity index (χ1v) is 7.82. The second-order valence-electron chi connectivity index (χ2n) is 6.44. The van der Waals surface area contributed by atoms with Gasteiger partial charge in [-0.15, -0.1) is 0 Å². The van der Waals surface area contributed by atoms with E-state index in [0.717, 1.165) is 31.4 Å². The molecular formula is C17H23NO3. The molecule has 21 heavy (non-hydrogen) atoms. The van der Waals surface area contributed by atoms with E-state index in [9.17, 15) is 9.90 Å². The van der Waals surface area contributed by atoms with Crippen molar-refractivity contribution in [3.05, 3.63) is 29.3 Å². The maximum atomic E-state index is 11.5. The van der Waals surface area contributed by atoms with Crippen LogP contribution in [0.3, 0.4) is 0 Å². The summed E-state index contributed by atoms with van der Waals surface area (Å²) in [6.45, 7) is 2.17. The van der Waals surface area contributed by atoms with Crippen LogP contribution < -0.4 is 10.1 Å². The van der Waals surface area contributed by atoms with Crippen LogP contribution in [0.15, 0.2) is 18.2 Å². The van der Waals surface area contributed by atoms with Gasteiger partial charge in [0.25, 0.3) is 0 Å². The summed E-state index contributed by atoms with van der Waals surface area (Å²) in [5.41, 5.74) is 1.91. The molecule has 0 aliphatic heterocycles. The van der Waals surface area contributed by atoms with Gasteiger partial charge in [0.05, 0.1) is 6.61 Å². The molecule has 0 bridgehead atoms. The molecule has 1 unspecified atom stereocenters. The van der Waals surface area contributed by atoms with Gasteiger partial charge < -0.3 is 9.84 Å². The fourth-order valence-corrected chi connectivity index (χ4v) is 2.93. The smallest absolute Gasteiger partial charge is 0.323 e. The molecule has 0 spiro atoms. The van der Waals surface area contributed by atoms with E-state index in [1.807, 2.05) is 6.07 Å². The van der Waals surface area contributed by atoms with Crippen LogP contribution in [-0.4, -0.2) is 29.3 Å². The van der Waals surface area contributed by atoms with Gasteiger partial charge in [-0.3, -0.25) is 10.1 Å². The van der Waals surface area contributed by atoms with Crippen molar-refractivity contribution in [3.8, 4) is 5.75 Å². The molecule has 2 aliphatic rings. The van der Waals surface area contributed by atoms with Gasteiger partial charge >= 0.3 is 5.97 Å². The Balaban J connectivity index is 1.55. The van der Waals surface area contributed by atoms with E-state index < -0.39 is 11.5 Å². The Bertz CT molecular complexity index is 539. The number of aliphatic carboxylic acids is 1. The number of ether oxygens (including phenoxy) is 1. The summed E-state index contributed by atoms with van der Waals surface area (Å²) in [6.07, 6.45) is 6.14. The van der Waals surface area contributed by atoms with E-state index in [4.69, 9.17) is 4.74 Å². The largest absolute Gasteiger partial charge is 0.493 e. The maximum absolute atomic E-state index is 11.5. The van der Waals surface area contributed by atoms with E-state index in [1.165, 1.54) is 17.5 Å². The monoisotopic (exact) mass is 289 g/mol. The lowest BCUT2D eigenvalue weighted by Crippen LogP contribution is -2.51. The Morgan fingerprint density at radius 1 is 1.38 bits per heavy atom. The lowest BCUT2D eigenvalue weighted by molar-refractivity contribution is -0.144.